The van der Waals surface area contributed by atoms with Crippen LogP contribution >= 0.6 is 15.9 Å². The lowest BCUT2D eigenvalue weighted by Gasteiger charge is -2.12. The van der Waals surface area contributed by atoms with E-state index in [2.05, 4.69) is 15.9 Å². The molecule has 3 nitrogen and oxygen atoms in total. The second kappa shape index (κ2) is 6.05. The molecule has 2 rings (SSSR count). The van der Waals surface area contributed by atoms with Gasteiger partial charge in [0.25, 0.3) is 0 Å². The van der Waals surface area contributed by atoms with Gasteiger partial charge in [0.1, 0.15) is 28.6 Å². The van der Waals surface area contributed by atoms with Crippen molar-refractivity contribution in [1.82, 2.24) is 0 Å². The summed E-state index contributed by atoms with van der Waals surface area (Å²) in [5.41, 5.74) is 0.332. The molecule has 20 heavy (non-hydrogen) atoms. The monoisotopic (exact) mass is 338 g/mol. The van der Waals surface area contributed by atoms with E-state index in [4.69, 9.17) is 9.47 Å². The van der Waals surface area contributed by atoms with Crippen molar-refractivity contribution >= 4 is 21.7 Å². The molecule has 0 aliphatic carbocycles. The summed E-state index contributed by atoms with van der Waals surface area (Å²) >= 11 is 3.07. The molecule has 0 bridgehead atoms. The lowest BCUT2D eigenvalue weighted by atomic mass is 10.1. The highest BCUT2D eigenvalue weighted by molar-refractivity contribution is 9.10. The summed E-state index contributed by atoms with van der Waals surface area (Å²) in [6, 6.07) is 9.41. The number of carbonyl (C=O) groups excluding carboxylic acids is 1. The van der Waals surface area contributed by atoms with Gasteiger partial charge in [0, 0.05) is 6.07 Å². The van der Waals surface area contributed by atoms with Gasteiger partial charge in [-0.25, -0.2) is 4.39 Å². The molecule has 0 aliphatic heterocycles. The van der Waals surface area contributed by atoms with Crippen molar-refractivity contribution in [2.24, 2.45) is 0 Å². The van der Waals surface area contributed by atoms with Crippen molar-refractivity contribution in [3.05, 3.63) is 52.3 Å². The normalized spacial score (nSPS) is 10.2. The van der Waals surface area contributed by atoms with Crippen LogP contribution < -0.4 is 9.47 Å². The first-order valence-electron chi connectivity index (χ1n) is 5.83. The molecule has 0 amide bonds. The fourth-order valence-electron chi connectivity index (χ4n) is 1.78. The van der Waals surface area contributed by atoms with Gasteiger partial charge in [0.15, 0.2) is 5.78 Å². The Hall–Kier alpha value is -1.88. The zero-order valence-electron chi connectivity index (χ0n) is 10.9. The highest BCUT2D eigenvalue weighted by atomic mass is 79.9. The van der Waals surface area contributed by atoms with E-state index in [1.54, 1.807) is 24.3 Å². The number of Topliss-reactive ketones (excluding diaryl/α,β-unsaturated/α-hetero) is 1. The van der Waals surface area contributed by atoms with E-state index in [1.165, 1.54) is 26.2 Å². The van der Waals surface area contributed by atoms with Crippen molar-refractivity contribution in [2.45, 2.75) is 6.92 Å². The molecule has 0 radical (unpaired) electrons. The van der Waals surface area contributed by atoms with E-state index in [-0.39, 0.29) is 5.78 Å². The molecular weight excluding hydrogens is 327 g/mol. The van der Waals surface area contributed by atoms with Gasteiger partial charge < -0.3 is 9.47 Å². The van der Waals surface area contributed by atoms with Gasteiger partial charge in [-0.2, -0.15) is 0 Å². The van der Waals surface area contributed by atoms with Crippen LogP contribution in [0.3, 0.4) is 0 Å². The van der Waals surface area contributed by atoms with E-state index < -0.39 is 5.82 Å². The number of rotatable bonds is 4. The summed E-state index contributed by atoms with van der Waals surface area (Å²) in [6.07, 6.45) is 0. The van der Waals surface area contributed by atoms with Gasteiger partial charge in [-0.05, 0) is 47.1 Å². The summed E-state index contributed by atoms with van der Waals surface area (Å²) < 4.78 is 24.6. The number of hydrogen-bond acceptors (Lipinski definition) is 3. The van der Waals surface area contributed by atoms with Crippen LogP contribution in [0.15, 0.2) is 40.9 Å². The first kappa shape index (κ1) is 14.5. The van der Waals surface area contributed by atoms with Gasteiger partial charge in [-0.3, -0.25) is 4.79 Å². The Morgan fingerprint density at radius 3 is 2.50 bits per heavy atom. The van der Waals surface area contributed by atoms with Gasteiger partial charge in [0.2, 0.25) is 0 Å². The fraction of sp³-hybridized carbons (Fsp3) is 0.133. The summed E-state index contributed by atoms with van der Waals surface area (Å²) in [7, 11) is 1.48. The van der Waals surface area contributed by atoms with Gasteiger partial charge >= 0.3 is 0 Å². The Labute approximate surface area is 124 Å². The molecule has 0 spiro atoms. The van der Waals surface area contributed by atoms with E-state index in [0.717, 1.165) is 0 Å². The third kappa shape index (κ3) is 2.99. The molecule has 104 valence electrons. The first-order chi connectivity index (χ1) is 9.52. The summed E-state index contributed by atoms with van der Waals surface area (Å²) in [6.45, 7) is 1.42. The highest BCUT2D eigenvalue weighted by Gasteiger charge is 2.15. The smallest absolute Gasteiger partial charge is 0.167 e. The second-order valence-corrected chi connectivity index (χ2v) is 4.92. The Bertz CT molecular complexity index is 656. The Kier molecular flexibility index (Phi) is 4.39. The number of methoxy groups -OCH3 is 1. The topological polar surface area (TPSA) is 35.5 Å². The van der Waals surface area contributed by atoms with E-state index in [0.29, 0.717) is 27.3 Å². The molecule has 0 atom stereocenters. The molecule has 0 saturated heterocycles. The molecule has 0 aromatic heterocycles. The molecular formula is C15H12BrFO3. The van der Waals surface area contributed by atoms with E-state index in [1.807, 2.05) is 0 Å². The SMILES string of the molecule is COc1cccc(Oc2ccc(Br)c(F)c2)c1C(C)=O. The third-order valence-corrected chi connectivity index (χ3v) is 3.32. The molecule has 2 aromatic rings. The average molecular weight is 339 g/mol. The molecule has 0 aliphatic rings. The Balaban J connectivity index is 2.42. The zero-order chi connectivity index (χ0) is 14.7. The number of ketones is 1. The molecule has 0 fully saturated rings. The van der Waals surface area contributed by atoms with Crippen LogP contribution in [0.5, 0.6) is 17.2 Å². The molecule has 5 heteroatoms. The van der Waals surface area contributed by atoms with Crippen molar-refractivity contribution in [3.8, 4) is 17.2 Å². The van der Waals surface area contributed by atoms with Crippen molar-refractivity contribution < 1.29 is 18.7 Å². The Morgan fingerprint density at radius 2 is 1.90 bits per heavy atom. The predicted octanol–water partition coefficient (Wildman–Crippen LogP) is 4.59. The number of carbonyl (C=O) groups is 1. The summed E-state index contributed by atoms with van der Waals surface area (Å²) in [5.74, 6) is 0.442. The van der Waals surface area contributed by atoms with E-state index >= 15 is 0 Å². The standard InChI is InChI=1S/C15H12BrFO3/c1-9(18)15-13(19-2)4-3-5-14(15)20-10-6-7-11(16)12(17)8-10/h3-8H,1-2H3. The van der Waals surface area contributed by atoms with Crippen LogP contribution in [-0.2, 0) is 0 Å². The van der Waals surface area contributed by atoms with Gasteiger partial charge in [-0.1, -0.05) is 6.07 Å². The molecule has 0 heterocycles. The number of ether oxygens (including phenoxy) is 2. The minimum atomic E-state index is -0.435. The van der Waals surface area contributed by atoms with Crippen LogP contribution in [0.2, 0.25) is 0 Å². The summed E-state index contributed by atoms with van der Waals surface area (Å²) in [4.78, 5) is 11.7. The predicted molar refractivity (Wildman–Crippen MR) is 77.2 cm³/mol. The number of hydrogen-bond donors (Lipinski definition) is 0. The minimum absolute atomic E-state index is 0.185. The van der Waals surface area contributed by atoms with Crippen LogP contribution in [0.1, 0.15) is 17.3 Å². The van der Waals surface area contributed by atoms with Crippen molar-refractivity contribution in [1.29, 1.82) is 0 Å². The van der Waals surface area contributed by atoms with Gasteiger partial charge in [-0.15, -0.1) is 0 Å². The van der Waals surface area contributed by atoms with Crippen LogP contribution in [0.25, 0.3) is 0 Å². The lowest BCUT2D eigenvalue weighted by molar-refractivity contribution is 0.101. The third-order valence-electron chi connectivity index (χ3n) is 2.68. The second-order valence-electron chi connectivity index (χ2n) is 4.07. The Morgan fingerprint density at radius 1 is 1.20 bits per heavy atom. The molecule has 2 aromatic carbocycles. The van der Waals surface area contributed by atoms with Crippen LogP contribution in [-0.4, -0.2) is 12.9 Å². The summed E-state index contributed by atoms with van der Waals surface area (Å²) in [5, 5.41) is 0. The molecule has 0 saturated carbocycles. The molecule has 0 unspecified atom stereocenters. The zero-order valence-corrected chi connectivity index (χ0v) is 12.5. The first-order valence-corrected chi connectivity index (χ1v) is 6.63. The van der Waals surface area contributed by atoms with Crippen molar-refractivity contribution in [2.75, 3.05) is 7.11 Å². The van der Waals surface area contributed by atoms with Crippen LogP contribution in [0.4, 0.5) is 4.39 Å². The van der Waals surface area contributed by atoms with E-state index in [9.17, 15) is 9.18 Å². The maximum absolute atomic E-state index is 13.5. The number of benzene rings is 2. The number of halogens is 2. The van der Waals surface area contributed by atoms with Crippen LogP contribution in [0, 0.1) is 5.82 Å². The maximum Gasteiger partial charge on any atom is 0.167 e. The largest absolute Gasteiger partial charge is 0.496 e. The quantitative estimate of drug-likeness (QED) is 0.764. The average Bonchev–Trinajstić information content (AvgIpc) is 2.42. The molecule has 0 N–H and O–H groups in total. The minimum Gasteiger partial charge on any atom is -0.496 e. The lowest BCUT2D eigenvalue weighted by Crippen LogP contribution is -2.01. The van der Waals surface area contributed by atoms with Gasteiger partial charge in [0.05, 0.1) is 11.6 Å². The fourth-order valence-corrected chi connectivity index (χ4v) is 2.03. The van der Waals surface area contributed by atoms with Crippen molar-refractivity contribution in [3.63, 3.8) is 0 Å². The maximum atomic E-state index is 13.5. The highest BCUT2D eigenvalue weighted by Crippen LogP contribution is 2.33.